The predicted molar refractivity (Wildman–Crippen MR) is 65.4 cm³/mol. The molecule has 0 radical (unpaired) electrons. The van der Waals surface area contributed by atoms with Gasteiger partial charge in [0, 0.05) is 25.6 Å². The molecule has 0 spiro atoms. The Balaban J connectivity index is 2.27. The zero-order valence-electron chi connectivity index (χ0n) is 9.84. The number of hydrogen-bond donors (Lipinski definition) is 2. The van der Waals surface area contributed by atoms with E-state index < -0.39 is 5.97 Å². The van der Waals surface area contributed by atoms with Gasteiger partial charge >= 0.3 is 5.97 Å². The van der Waals surface area contributed by atoms with Crippen molar-refractivity contribution in [1.29, 1.82) is 0 Å². The van der Waals surface area contributed by atoms with E-state index in [4.69, 9.17) is 5.11 Å². The van der Waals surface area contributed by atoms with Crippen molar-refractivity contribution in [3.63, 3.8) is 0 Å². The molecule has 1 aliphatic rings. The van der Waals surface area contributed by atoms with E-state index in [1.807, 2.05) is 12.1 Å². The number of anilines is 1. The molecular weight excluding hydrogens is 218 g/mol. The van der Waals surface area contributed by atoms with Crippen molar-refractivity contribution in [1.82, 2.24) is 0 Å². The molecule has 2 rings (SSSR count). The number of para-hydroxylation sites is 1. The Bertz CT molecular complexity index is 419. The predicted octanol–water partition coefficient (Wildman–Crippen LogP) is 1.45. The number of nitrogens with zero attached hydrogens (tertiary/aromatic N) is 1. The molecule has 4 nitrogen and oxygen atoms in total. The average Bonchev–Trinajstić information content (AvgIpc) is 2.70. The maximum absolute atomic E-state index is 11.1. The lowest BCUT2D eigenvalue weighted by Gasteiger charge is -2.20. The van der Waals surface area contributed by atoms with Gasteiger partial charge in [0.15, 0.2) is 0 Å². The van der Waals surface area contributed by atoms with E-state index in [-0.39, 0.29) is 12.5 Å². The lowest BCUT2D eigenvalue weighted by atomic mass is 10.00. The number of carboxylic acids is 1. The third-order valence-corrected chi connectivity index (χ3v) is 3.48. The molecule has 92 valence electrons. The molecule has 17 heavy (non-hydrogen) atoms. The molecule has 0 saturated carbocycles. The first kappa shape index (κ1) is 11.9. The van der Waals surface area contributed by atoms with Crippen molar-refractivity contribution in [2.24, 2.45) is 11.8 Å². The molecule has 0 aliphatic carbocycles. The first-order valence-electron chi connectivity index (χ1n) is 5.81. The van der Waals surface area contributed by atoms with Gasteiger partial charge in [-0.05, 0) is 18.1 Å². The number of hydrogen-bond acceptors (Lipinski definition) is 3. The molecule has 0 amide bonds. The number of carbonyl (C=O) groups is 1. The Morgan fingerprint density at radius 3 is 2.71 bits per heavy atom. The number of aromatic carboxylic acids is 1. The summed E-state index contributed by atoms with van der Waals surface area (Å²) in [5, 5.41) is 18.4. The molecule has 4 heteroatoms. The number of aliphatic hydroxyl groups is 1. The van der Waals surface area contributed by atoms with Crippen LogP contribution in [-0.4, -0.2) is 35.9 Å². The molecule has 1 fully saturated rings. The molecule has 1 aromatic rings. The van der Waals surface area contributed by atoms with Crippen LogP contribution < -0.4 is 4.90 Å². The monoisotopic (exact) mass is 235 g/mol. The van der Waals surface area contributed by atoms with Crippen molar-refractivity contribution < 1.29 is 15.0 Å². The van der Waals surface area contributed by atoms with E-state index in [9.17, 15) is 9.90 Å². The van der Waals surface area contributed by atoms with Gasteiger partial charge in [0.25, 0.3) is 0 Å². The second kappa shape index (κ2) is 4.75. The summed E-state index contributed by atoms with van der Waals surface area (Å²) in [6.45, 7) is 3.77. The fraction of sp³-hybridized carbons (Fsp3) is 0.462. The minimum atomic E-state index is -0.902. The summed E-state index contributed by atoms with van der Waals surface area (Å²) in [6.07, 6.45) is 0. The van der Waals surface area contributed by atoms with E-state index in [2.05, 4.69) is 11.8 Å². The van der Waals surface area contributed by atoms with Gasteiger partial charge < -0.3 is 15.1 Å². The quantitative estimate of drug-likeness (QED) is 0.832. The van der Waals surface area contributed by atoms with Gasteiger partial charge in [-0.1, -0.05) is 19.1 Å². The number of benzene rings is 1. The minimum absolute atomic E-state index is 0.160. The Hall–Kier alpha value is -1.55. The van der Waals surface area contributed by atoms with Gasteiger partial charge in [-0.15, -0.1) is 0 Å². The Morgan fingerprint density at radius 1 is 1.41 bits per heavy atom. The molecule has 1 heterocycles. The van der Waals surface area contributed by atoms with Crippen LogP contribution in [0, 0.1) is 11.8 Å². The van der Waals surface area contributed by atoms with Crippen molar-refractivity contribution in [3.05, 3.63) is 29.8 Å². The van der Waals surface area contributed by atoms with E-state index >= 15 is 0 Å². The molecular formula is C13H17NO3. The van der Waals surface area contributed by atoms with Crippen LogP contribution in [0.25, 0.3) is 0 Å². The van der Waals surface area contributed by atoms with Gasteiger partial charge in [-0.25, -0.2) is 4.79 Å². The Morgan fingerprint density at radius 2 is 2.12 bits per heavy atom. The van der Waals surface area contributed by atoms with Crippen molar-refractivity contribution in [2.75, 3.05) is 24.6 Å². The van der Waals surface area contributed by atoms with Crippen LogP contribution in [-0.2, 0) is 0 Å². The molecule has 1 saturated heterocycles. The summed E-state index contributed by atoms with van der Waals surface area (Å²) < 4.78 is 0. The Labute approximate surface area is 100 Å². The topological polar surface area (TPSA) is 60.8 Å². The molecule has 0 aromatic heterocycles. The largest absolute Gasteiger partial charge is 0.478 e. The third-order valence-electron chi connectivity index (χ3n) is 3.48. The normalized spacial score (nSPS) is 24.0. The summed E-state index contributed by atoms with van der Waals surface area (Å²) in [4.78, 5) is 13.2. The lowest BCUT2D eigenvalue weighted by molar-refractivity contribution is 0.0697. The first-order chi connectivity index (χ1) is 8.13. The maximum atomic E-state index is 11.1. The molecule has 2 N–H and O–H groups in total. The SMILES string of the molecule is C[C@H]1CN(c2ccccc2C(=O)O)C[C@@H]1CO. The molecule has 0 bridgehead atoms. The van der Waals surface area contributed by atoms with E-state index in [1.165, 1.54) is 0 Å². The highest BCUT2D eigenvalue weighted by Gasteiger charge is 2.30. The highest BCUT2D eigenvalue weighted by Crippen LogP contribution is 2.30. The minimum Gasteiger partial charge on any atom is -0.478 e. The van der Waals surface area contributed by atoms with Crippen molar-refractivity contribution >= 4 is 11.7 Å². The van der Waals surface area contributed by atoms with Crippen LogP contribution in [0.3, 0.4) is 0 Å². The van der Waals surface area contributed by atoms with Crippen LogP contribution in [0.5, 0.6) is 0 Å². The van der Waals surface area contributed by atoms with Crippen LogP contribution >= 0.6 is 0 Å². The summed E-state index contributed by atoms with van der Waals surface area (Å²) >= 11 is 0. The van der Waals surface area contributed by atoms with Gasteiger partial charge in [0.1, 0.15) is 0 Å². The van der Waals surface area contributed by atoms with Crippen molar-refractivity contribution in [3.8, 4) is 0 Å². The van der Waals surface area contributed by atoms with E-state index in [0.29, 0.717) is 11.5 Å². The molecule has 2 atom stereocenters. The summed E-state index contributed by atoms with van der Waals surface area (Å²) in [6, 6.07) is 7.03. The highest BCUT2D eigenvalue weighted by molar-refractivity contribution is 5.94. The number of rotatable bonds is 3. The van der Waals surface area contributed by atoms with Crippen molar-refractivity contribution in [2.45, 2.75) is 6.92 Å². The molecule has 1 aromatic carbocycles. The first-order valence-corrected chi connectivity index (χ1v) is 5.81. The summed E-state index contributed by atoms with van der Waals surface area (Å²) in [7, 11) is 0. The Kier molecular flexibility index (Phi) is 3.33. The van der Waals surface area contributed by atoms with Crippen LogP contribution in [0.15, 0.2) is 24.3 Å². The fourth-order valence-electron chi connectivity index (χ4n) is 2.40. The molecule has 0 unspecified atom stereocenters. The third kappa shape index (κ3) is 2.26. The smallest absolute Gasteiger partial charge is 0.337 e. The lowest BCUT2D eigenvalue weighted by Crippen LogP contribution is -2.22. The van der Waals surface area contributed by atoms with Gasteiger partial charge in [-0.2, -0.15) is 0 Å². The standard InChI is InChI=1S/C13H17NO3/c1-9-6-14(7-10(9)8-15)12-5-3-2-4-11(12)13(16)17/h2-5,9-10,15H,6-8H2,1H3,(H,16,17)/t9-,10+/m0/s1. The second-order valence-corrected chi connectivity index (χ2v) is 4.65. The van der Waals surface area contributed by atoms with Gasteiger partial charge in [-0.3, -0.25) is 0 Å². The fourth-order valence-corrected chi connectivity index (χ4v) is 2.40. The number of carboxylic acid groups (broad SMARTS) is 1. The van der Waals surface area contributed by atoms with Crippen LogP contribution in [0.1, 0.15) is 17.3 Å². The van der Waals surface area contributed by atoms with Crippen LogP contribution in [0.2, 0.25) is 0 Å². The summed E-state index contributed by atoms with van der Waals surface area (Å²) in [5.74, 6) is -0.278. The maximum Gasteiger partial charge on any atom is 0.337 e. The second-order valence-electron chi connectivity index (χ2n) is 4.65. The zero-order valence-corrected chi connectivity index (χ0v) is 9.84. The molecule has 1 aliphatic heterocycles. The number of aliphatic hydroxyl groups excluding tert-OH is 1. The van der Waals surface area contributed by atoms with Crippen LogP contribution in [0.4, 0.5) is 5.69 Å². The highest BCUT2D eigenvalue weighted by atomic mass is 16.4. The van der Waals surface area contributed by atoms with Gasteiger partial charge in [0.2, 0.25) is 0 Å². The zero-order chi connectivity index (χ0) is 12.4. The average molecular weight is 235 g/mol. The van der Waals surface area contributed by atoms with E-state index in [1.54, 1.807) is 12.1 Å². The summed E-state index contributed by atoms with van der Waals surface area (Å²) in [5.41, 5.74) is 1.08. The van der Waals surface area contributed by atoms with Gasteiger partial charge in [0.05, 0.1) is 11.3 Å². The van der Waals surface area contributed by atoms with E-state index in [0.717, 1.165) is 18.8 Å².